The Balaban J connectivity index is 1.88. The van der Waals surface area contributed by atoms with Gasteiger partial charge < -0.3 is 10.5 Å². The number of rotatable bonds is 5. The van der Waals surface area contributed by atoms with Crippen molar-refractivity contribution >= 4 is 0 Å². The summed E-state index contributed by atoms with van der Waals surface area (Å²) in [4.78, 5) is 0. The summed E-state index contributed by atoms with van der Waals surface area (Å²) in [5.74, 6) is -1.07. The van der Waals surface area contributed by atoms with E-state index in [2.05, 4.69) is 0 Å². The van der Waals surface area contributed by atoms with E-state index in [-0.39, 0.29) is 6.04 Å². The van der Waals surface area contributed by atoms with Crippen LogP contribution in [-0.2, 0) is 4.74 Å². The second kappa shape index (κ2) is 6.44. The van der Waals surface area contributed by atoms with Gasteiger partial charge in [-0.15, -0.1) is 0 Å². The van der Waals surface area contributed by atoms with Crippen LogP contribution in [-0.4, -0.2) is 12.7 Å². The minimum absolute atomic E-state index is 0.340. The van der Waals surface area contributed by atoms with Crippen LogP contribution in [0.25, 0.3) is 0 Å². The van der Waals surface area contributed by atoms with Crippen LogP contribution < -0.4 is 5.73 Å². The lowest BCUT2D eigenvalue weighted by molar-refractivity contribution is 0.101. The van der Waals surface area contributed by atoms with Crippen molar-refractivity contribution in [3.63, 3.8) is 0 Å². The van der Waals surface area contributed by atoms with Crippen LogP contribution in [0.2, 0.25) is 0 Å². The van der Waals surface area contributed by atoms with Crippen molar-refractivity contribution in [2.24, 2.45) is 5.73 Å². The summed E-state index contributed by atoms with van der Waals surface area (Å²) in [7, 11) is 0. The first-order valence-corrected chi connectivity index (χ1v) is 6.90. The Hall–Kier alpha value is -1.00. The number of hydrogen-bond acceptors (Lipinski definition) is 2. The Labute approximate surface area is 112 Å². The van der Waals surface area contributed by atoms with Crippen LogP contribution in [0.1, 0.15) is 49.3 Å². The van der Waals surface area contributed by atoms with Crippen LogP contribution in [0.4, 0.5) is 8.78 Å². The Bertz CT molecular complexity index is 430. The molecule has 19 heavy (non-hydrogen) atoms. The van der Waals surface area contributed by atoms with Gasteiger partial charge in [0.2, 0.25) is 0 Å². The quantitative estimate of drug-likeness (QED) is 0.886. The summed E-state index contributed by atoms with van der Waals surface area (Å²) in [5, 5.41) is 0. The van der Waals surface area contributed by atoms with Crippen molar-refractivity contribution in [1.29, 1.82) is 0 Å². The van der Waals surface area contributed by atoms with Crippen molar-refractivity contribution < 1.29 is 13.5 Å². The SMILES string of the molecule is Cc1cc(C(N)CCCC2CCCO2)c(F)cc1F. The van der Waals surface area contributed by atoms with Gasteiger partial charge in [-0.05, 0) is 50.7 Å². The summed E-state index contributed by atoms with van der Waals surface area (Å²) >= 11 is 0. The average molecular weight is 269 g/mol. The maximum Gasteiger partial charge on any atom is 0.130 e. The van der Waals surface area contributed by atoms with Crippen molar-refractivity contribution in [3.8, 4) is 0 Å². The van der Waals surface area contributed by atoms with Crippen LogP contribution >= 0.6 is 0 Å². The molecule has 1 saturated heterocycles. The molecule has 2 atom stereocenters. The first-order valence-electron chi connectivity index (χ1n) is 6.90. The first kappa shape index (κ1) is 14.4. The van der Waals surface area contributed by atoms with Gasteiger partial charge in [0.15, 0.2) is 0 Å². The molecule has 1 heterocycles. The summed E-state index contributed by atoms with van der Waals surface area (Å²) in [6.07, 6.45) is 5.15. The van der Waals surface area contributed by atoms with Crippen molar-refractivity contribution in [3.05, 3.63) is 34.9 Å². The molecule has 1 aliphatic rings. The first-order chi connectivity index (χ1) is 9.08. The second-order valence-electron chi connectivity index (χ2n) is 5.30. The minimum atomic E-state index is -0.548. The Morgan fingerprint density at radius 2 is 2.16 bits per heavy atom. The number of aryl methyl sites for hydroxylation is 1. The highest BCUT2D eigenvalue weighted by Crippen LogP contribution is 2.25. The number of nitrogens with two attached hydrogens (primary N) is 1. The fraction of sp³-hybridized carbons (Fsp3) is 0.600. The predicted octanol–water partition coefficient (Wildman–Crippen LogP) is 3.62. The van der Waals surface area contributed by atoms with E-state index >= 15 is 0 Å². The predicted molar refractivity (Wildman–Crippen MR) is 70.8 cm³/mol. The molecular formula is C15H21F2NO. The van der Waals surface area contributed by atoms with E-state index in [4.69, 9.17) is 10.5 Å². The number of halogens is 2. The Kier molecular flexibility index (Phi) is 4.88. The maximum absolute atomic E-state index is 13.7. The molecule has 0 saturated carbocycles. The van der Waals surface area contributed by atoms with Crippen LogP contribution in [0.3, 0.4) is 0 Å². The molecule has 2 unspecified atom stereocenters. The van der Waals surface area contributed by atoms with E-state index < -0.39 is 11.6 Å². The van der Waals surface area contributed by atoms with Gasteiger partial charge in [0.1, 0.15) is 11.6 Å². The number of hydrogen-bond donors (Lipinski definition) is 1. The molecule has 0 amide bonds. The zero-order chi connectivity index (χ0) is 13.8. The van der Waals surface area contributed by atoms with Gasteiger partial charge in [0, 0.05) is 24.3 Å². The number of ether oxygens (including phenoxy) is 1. The van der Waals surface area contributed by atoms with Gasteiger partial charge in [-0.3, -0.25) is 0 Å². The topological polar surface area (TPSA) is 35.2 Å². The van der Waals surface area contributed by atoms with Crippen molar-refractivity contribution in [1.82, 2.24) is 0 Å². The molecule has 2 nitrogen and oxygen atoms in total. The molecule has 0 radical (unpaired) electrons. The van der Waals surface area contributed by atoms with Gasteiger partial charge >= 0.3 is 0 Å². The molecule has 106 valence electrons. The largest absolute Gasteiger partial charge is 0.378 e. The molecule has 4 heteroatoms. The van der Waals surface area contributed by atoms with E-state index in [1.54, 1.807) is 6.92 Å². The highest BCUT2D eigenvalue weighted by Gasteiger charge is 2.17. The van der Waals surface area contributed by atoms with Crippen LogP contribution in [0.15, 0.2) is 12.1 Å². The van der Waals surface area contributed by atoms with Crippen LogP contribution in [0.5, 0.6) is 0 Å². The molecule has 1 fully saturated rings. The third-order valence-electron chi connectivity index (χ3n) is 3.74. The van der Waals surface area contributed by atoms with Crippen molar-refractivity contribution in [2.45, 2.75) is 51.2 Å². The van der Waals surface area contributed by atoms with E-state index in [0.29, 0.717) is 23.7 Å². The minimum Gasteiger partial charge on any atom is -0.378 e. The van der Waals surface area contributed by atoms with Gasteiger partial charge in [0.05, 0.1) is 6.10 Å². The summed E-state index contributed by atoms with van der Waals surface area (Å²) < 4.78 is 32.4. The smallest absolute Gasteiger partial charge is 0.130 e. The van der Waals surface area contributed by atoms with Gasteiger partial charge in [-0.1, -0.05) is 0 Å². The highest BCUT2D eigenvalue weighted by molar-refractivity contribution is 5.28. The summed E-state index contributed by atoms with van der Waals surface area (Å²) in [6, 6.07) is 2.06. The second-order valence-corrected chi connectivity index (χ2v) is 5.30. The fourth-order valence-electron chi connectivity index (χ4n) is 2.56. The monoisotopic (exact) mass is 269 g/mol. The molecule has 0 aromatic heterocycles. The lowest BCUT2D eigenvalue weighted by atomic mass is 9.98. The molecule has 2 N–H and O–H groups in total. The molecular weight excluding hydrogens is 248 g/mol. The molecule has 2 rings (SSSR count). The maximum atomic E-state index is 13.7. The average Bonchev–Trinajstić information content (AvgIpc) is 2.86. The third kappa shape index (κ3) is 3.74. The zero-order valence-corrected chi connectivity index (χ0v) is 11.3. The van der Waals surface area contributed by atoms with Gasteiger partial charge in [0.25, 0.3) is 0 Å². The Morgan fingerprint density at radius 3 is 2.84 bits per heavy atom. The summed E-state index contributed by atoms with van der Waals surface area (Å²) in [6.45, 7) is 2.47. The highest BCUT2D eigenvalue weighted by atomic mass is 19.1. The lowest BCUT2D eigenvalue weighted by Gasteiger charge is -2.15. The standard InChI is InChI=1S/C15H21F2NO/c1-10-8-12(14(17)9-13(10)16)15(18)6-2-4-11-5-3-7-19-11/h8-9,11,15H,2-7,18H2,1H3. The van der Waals surface area contributed by atoms with E-state index in [0.717, 1.165) is 38.4 Å². The number of benzene rings is 1. The van der Waals surface area contributed by atoms with E-state index in [1.807, 2.05) is 0 Å². The van der Waals surface area contributed by atoms with E-state index in [9.17, 15) is 8.78 Å². The third-order valence-corrected chi connectivity index (χ3v) is 3.74. The van der Waals surface area contributed by atoms with Crippen LogP contribution in [0, 0.1) is 18.6 Å². The van der Waals surface area contributed by atoms with E-state index in [1.165, 1.54) is 6.07 Å². The molecule has 0 spiro atoms. The molecule has 1 aromatic rings. The lowest BCUT2D eigenvalue weighted by Crippen LogP contribution is -2.14. The molecule has 1 aromatic carbocycles. The fourth-order valence-corrected chi connectivity index (χ4v) is 2.56. The molecule has 0 aliphatic carbocycles. The molecule has 1 aliphatic heterocycles. The Morgan fingerprint density at radius 1 is 1.37 bits per heavy atom. The van der Waals surface area contributed by atoms with Crippen molar-refractivity contribution in [2.75, 3.05) is 6.61 Å². The summed E-state index contributed by atoms with van der Waals surface area (Å²) in [5.41, 5.74) is 6.84. The molecule has 0 bridgehead atoms. The normalized spacial score (nSPS) is 20.7. The van der Waals surface area contributed by atoms with Gasteiger partial charge in [-0.2, -0.15) is 0 Å². The van der Waals surface area contributed by atoms with Gasteiger partial charge in [-0.25, -0.2) is 8.78 Å². The zero-order valence-electron chi connectivity index (χ0n) is 11.3.